The molecule has 0 spiro atoms. The molecule has 0 unspecified atom stereocenters. The van der Waals surface area contributed by atoms with Crippen molar-refractivity contribution in [1.82, 2.24) is 14.5 Å². The summed E-state index contributed by atoms with van der Waals surface area (Å²) in [6.45, 7) is 1.41. The molecule has 0 saturated carbocycles. The van der Waals surface area contributed by atoms with Gasteiger partial charge in [-0.15, -0.1) is 0 Å². The van der Waals surface area contributed by atoms with Gasteiger partial charge in [0.2, 0.25) is 0 Å². The molecule has 1 heterocycles. The molecule has 1 amide bonds. The lowest BCUT2D eigenvalue weighted by Crippen LogP contribution is -2.29. The number of rotatable bonds is 5. The Morgan fingerprint density at radius 2 is 2.47 bits per heavy atom. The van der Waals surface area contributed by atoms with Crippen LogP contribution in [-0.4, -0.2) is 52.2 Å². The smallest absolute Gasteiger partial charge is 0.273 e. The van der Waals surface area contributed by atoms with Gasteiger partial charge in [0.1, 0.15) is 5.69 Å². The number of amides is 1. The van der Waals surface area contributed by atoms with Crippen molar-refractivity contribution in [1.29, 1.82) is 0 Å². The van der Waals surface area contributed by atoms with Gasteiger partial charge in [-0.25, -0.2) is 4.98 Å². The van der Waals surface area contributed by atoms with E-state index in [1.54, 1.807) is 24.1 Å². The first-order valence-corrected chi connectivity index (χ1v) is 4.77. The normalized spacial score (nSPS) is 10.3. The first-order valence-electron chi connectivity index (χ1n) is 4.77. The number of carbonyl (C=O) groups is 1. The number of aromatic nitrogens is 2. The summed E-state index contributed by atoms with van der Waals surface area (Å²) in [5, 5.41) is 8.69. The van der Waals surface area contributed by atoms with Gasteiger partial charge in [-0.3, -0.25) is 4.79 Å². The predicted octanol–water partition coefficient (Wildman–Crippen LogP) is -1.09. The average Bonchev–Trinajstić information content (AvgIpc) is 2.66. The van der Waals surface area contributed by atoms with Gasteiger partial charge in [-0.05, 0) is 0 Å². The molecule has 0 bridgehead atoms. The molecule has 1 aromatic heterocycles. The molecular formula is C9H16N4O2. The van der Waals surface area contributed by atoms with E-state index in [2.05, 4.69) is 4.98 Å². The summed E-state index contributed by atoms with van der Waals surface area (Å²) in [5.41, 5.74) is 5.75. The van der Waals surface area contributed by atoms with Crippen LogP contribution in [0.25, 0.3) is 0 Å². The van der Waals surface area contributed by atoms with Crippen LogP contribution in [0, 0.1) is 0 Å². The highest BCUT2D eigenvalue weighted by Crippen LogP contribution is 2.00. The molecule has 0 aliphatic rings. The van der Waals surface area contributed by atoms with Gasteiger partial charge in [0.05, 0.1) is 12.9 Å². The lowest BCUT2D eigenvalue weighted by Gasteiger charge is -2.13. The van der Waals surface area contributed by atoms with Crippen molar-refractivity contribution in [3.63, 3.8) is 0 Å². The third-order valence-corrected chi connectivity index (χ3v) is 2.02. The van der Waals surface area contributed by atoms with Crippen molar-refractivity contribution in [3.05, 3.63) is 18.2 Å². The van der Waals surface area contributed by atoms with Crippen LogP contribution in [0.3, 0.4) is 0 Å². The maximum atomic E-state index is 11.7. The van der Waals surface area contributed by atoms with E-state index in [4.69, 9.17) is 10.8 Å². The number of nitrogens with two attached hydrogens (primary N) is 1. The quantitative estimate of drug-likeness (QED) is 0.649. The van der Waals surface area contributed by atoms with Crippen LogP contribution in [0.5, 0.6) is 0 Å². The van der Waals surface area contributed by atoms with Gasteiger partial charge in [0.15, 0.2) is 0 Å². The minimum atomic E-state index is -0.195. The monoisotopic (exact) mass is 212 g/mol. The van der Waals surface area contributed by atoms with E-state index in [9.17, 15) is 4.79 Å². The van der Waals surface area contributed by atoms with E-state index in [-0.39, 0.29) is 12.5 Å². The summed E-state index contributed by atoms with van der Waals surface area (Å²) >= 11 is 0. The number of hydrogen-bond donors (Lipinski definition) is 2. The summed E-state index contributed by atoms with van der Waals surface area (Å²) in [7, 11) is 1.63. The Morgan fingerprint density at radius 3 is 3.07 bits per heavy atom. The van der Waals surface area contributed by atoms with Gasteiger partial charge in [0, 0.05) is 32.9 Å². The summed E-state index contributed by atoms with van der Waals surface area (Å²) < 4.78 is 1.76. The second-order valence-corrected chi connectivity index (χ2v) is 3.24. The highest BCUT2D eigenvalue weighted by molar-refractivity contribution is 5.91. The third-order valence-electron chi connectivity index (χ3n) is 2.02. The molecule has 0 aliphatic carbocycles. The molecule has 0 saturated heterocycles. The van der Waals surface area contributed by atoms with E-state index in [0.29, 0.717) is 25.3 Å². The maximum Gasteiger partial charge on any atom is 0.273 e. The zero-order valence-corrected chi connectivity index (χ0v) is 8.76. The maximum absolute atomic E-state index is 11.7. The topological polar surface area (TPSA) is 84.4 Å². The molecule has 0 atom stereocenters. The predicted molar refractivity (Wildman–Crippen MR) is 55.3 cm³/mol. The fourth-order valence-electron chi connectivity index (χ4n) is 1.19. The minimum Gasteiger partial charge on any atom is -0.395 e. The molecular weight excluding hydrogens is 196 g/mol. The Bertz CT molecular complexity index is 324. The van der Waals surface area contributed by atoms with Crippen LogP contribution in [0.2, 0.25) is 0 Å². The van der Waals surface area contributed by atoms with Crippen LogP contribution in [0.1, 0.15) is 10.5 Å². The fourth-order valence-corrected chi connectivity index (χ4v) is 1.19. The molecule has 0 fully saturated rings. The second-order valence-electron chi connectivity index (χ2n) is 3.24. The molecule has 6 heteroatoms. The van der Waals surface area contributed by atoms with E-state index >= 15 is 0 Å². The van der Waals surface area contributed by atoms with Crippen molar-refractivity contribution in [2.45, 2.75) is 6.54 Å². The van der Waals surface area contributed by atoms with Crippen molar-refractivity contribution in [2.24, 2.45) is 5.73 Å². The minimum absolute atomic E-state index is 0.0499. The molecule has 84 valence electrons. The summed E-state index contributed by atoms with van der Waals surface area (Å²) in [6, 6.07) is 0. The number of imidazole rings is 1. The number of nitrogens with zero attached hydrogens (tertiary/aromatic N) is 3. The fraction of sp³-hybridized carbons (Fsp3) is 0.556. The number of aliphatic hydroxyl groups is 1. The molecule has 3 N–H and O–H groups in total. The Hall–Kier alpha value is -1.40. The SMILES string of the molecule is CN(CCO)C(=O)c1cn(CCN)cn1. The highest BCUT2D eigenvalue weighted by atomic mass is 16.3. The van der Waals surface area contributed by atoms with Crippen molar-refractivity contribution in [2.75, 3.05) is 26.7 Å². The van der Waals surface area contributed by atoms with E-state index in [1.165, 1.54) is 4.90 Å². The summed E-state index contributed by atoms with van der Waals surface area (Å²) in [4.78, 5) is 17.1. The first-order chi connectivity index (χ1) is 7.19. The molecule has 0 radical (unpaired) electrons. The van der Waals surface area contributed by atoms with Crippen LogP contribution in [-0.2, 0) is 6.54 Å². The lowest BCUT2D eigenvalue weighted by atomic mass is 10.4. The summed E-state index contributed by atoms with van der Waals surface area (Å²) in [5.74, 6) is -0.195. The van der Waals surface area contributed by atoms with Crippen LogP contribution < -0.4 is 5.73 Å². The Morgan fingerprint density at radius 1 is 1.73 bits per heavy atom. The molecule has 0 aromatic carbocycles. The van der Waals surface area contributed by atoms with E-state index in [1.807, 2.05) is 0 Å². The third kappa shape index (κ3) is 3.03. The van der Waals surface area contributed by atoms with E-state index in [0.717, 1.165) is 0 Å². The first kappa shape index (κ1) is 11.7. The number of likely N-dealkylation sites (N-methyl/N-ethyl adjacent to an activating group) is 1. The zero-order chi connectivity index (χ0) is 11.3. The second kappa shape index (κ2) is 5.47. The van der Waals surface area contributed by atoms with Crippen molar-refractivity contribution >= 4 is 5.91 Å². The average molecular weight is 212 g/mol. The molecule has 0 aliphatic heterocycles. The number of carbonyl (C=O) groups excluding carboxylic acids is 1. The van der Waals surface area contributed by atoms with Crippen molar-refractivity contribution in [3.8, 4) is 0 Å². The Balaban J connectivity index is 2.65. The standard InChI is InChI=1S/C9H16N4O2/c1-12(4-5-14)9(15)8-6-13(3-2-10)7-11-8/h6-7,14H,2-5,10H2,1H3. The highest BCUT2D eigenvalue weighted by Gasteiger charge is 2.13. The van der Waals surface area contributed by atoms with Gasteiger partial charge in [0.25, 0.3) is 5.91 Å². The van der Waals surface area contributed by atoms with Gasteiger partial charge in [-0.2, -0.15) is 0 Å². The largest absolute Gasteiger partial charge is 0.395 e. The molecule has 6 nitrogen and oxygen atoms in total. The van der Waals surface area contributed by atoms with Crippen LogP contribution in [0.15, 0.2) is 12.5 Å². The molecule has 1 aromatic rings. The Labute approximate surface area is 88.3 Å². The number of aliphatic hydroxyl groups excluding tert-OH is 1. The van der Waals surface area contributed by atoms with Gasteiger partial charge < -0.3 is 20.3 Å². The van der Waals surface area contributed by atoms with E-state index < -0.39 is 0 Å². The molecule has 1 rings (SSSR count). The van der Waals surface area contributed by atoms with Crippen molar-refractivity contribution < 1.29 is 9.90 Å². The van der Waals surface area contributed by atoms with Crippen LogP contribution >= 0.6 is 0 Å². The van der Waals surface area contributed by atoms with Crippen LogP contribution in [0.4, 0.5) is 0 Å². The lowest BCUT2D eigenvalue weighted by molar-refractivity contribution is 0.0761. The van der Waals surface area contributed by atoms with Gasteiger partial charge in [-0.1, -0.05) is 0 Å². The Kier molecular flexibility index (Phi) is 4.26. The number of hydrogen-bond acceptors (Lipinski definition) is 4. The zero-order valence-electron chi connectivity index (χ0n) is 8.76. The van der Waals surface area contributed by atoms with Gasteiger partial charge >= 0.3 is 0 Å². The summed E-state index contributed by atoms with van der Waals surface area (Å²) in [6.07, 6.45) is 3.23. The molecule has 15 heavy (non-hydrogen) atoms.